The monoisotopic (exact) mass is 392 g/mol. The molecule has 4 rings (SSSR count). The number of carbonyl (C=O) groups excluding carboxylic acids is 1. The number of H-pyrrole nitrogens is 1. The molecular weight excluding hydrogens is 372 g/mol. The average Bonchev–Trinajstić information content (AvgIpc) is 3.36. The summed E-state index contributed by atoms with van der Waals surface area (Å²) in [6, 6.07) is 13.6. The fourth-order valence-corrected chi connectivity index (χ4v) is 3.95. The molecule has 0 radical (unpaired) electrons. The molecule has 6 heteroatoms. The minimum absolute atomic E-state index is 0.315. The molecule has 0 atom stereocenters. The fraction of sp³-hybridized carbons (Fsp3) is 0.182. The molecule has 0 saturated heterocycles. The number of hydrogen-bond donors (Lipinski definition) is 1. The molecule has 1 aromatic carbocycles. The van der Waals surface area contributed by atoms with Crippen molar-refractivity contribution in [3.05, 3.63) is 70.2 Å². The van der Waals surface area contributed by atoms with Crippen LogP contribution in [0.3, 0.4) is 0 Å². The Morgan fingerprint density at radius 2 is 2.11 bits per heavy atom. The SMILES string of the molecule is CCOc1ccc2c(Cc3cccc(C(=O)OC)n3)c(-c3ccsc3)[nH]c2c1. The Bertz CT molecular complexity index is 1120. The van der Waals surface area contributed by atoms with E-state index in [4.69, 9.17) is 9.47 Å². The number of ether oxygens (including phenoxy) is 2. The fourth-order valence-electron chi connectivity index (χ4n) is 3.31. The molecule has 0 saturated carbocycles. The van der Waals surface area contributed by atoms with Crippen molar-refractivity contribution < 1.29 is 14.3 Å². The number of nitrogens with zero attached hydrogens (tertiary/aromatic N) is 1. The molecule has 3 aromatic heterocycles. The Morgan fingerprint density at radius 3 is 2.86 bits per heavy atom. The first-order valence-electron chi connectivity index (χ1n) is 9.03. The van der Waals surface area contributed by atoms with Crippen LogP contribution in [0, 0.1) is 0 Å². The summed E-state index contributed by atoms with van der Waals surface area (Å²) < 4.78 is 10.4. The minimum atomic E-state index is -0.430. The van der Waals surface area contributed by atoms with Crippen LogP contribution < -0.4 is 4.74 Å². The molecule has 0 aliphatic heterocycles. The van der Waals surface area contributed by atoms with E-state index in [1.165, 1.54) is 7.11 Å². The molecule has 0 aliphatic rings. The number of fused-ring (bicyclic) bond motifs is 1. The topological polar surface area (TPSA) is 64.2 Å². The van der Waals surface area contributed by atoms with E-state index in [0.717, 1.165) is 39.2 Å². The molecule has 0 unspecified atom stereocenters. The zero-order chi connectivity index (χ0) is 19.5. The summed E-state index contributed by atoms with van der Waals surface area (Å²) in [5.41, 5.74) is 5.50. The highest BCUT2D eigenvalue weighted by molar-refractivity contribution is 7.08. The van der Waals surface area contributed by atoms with Gasteiger partial charge in [-0.2, -0.15) is 11.3 Å². The average molecular weight is 392 g/mol. The number of esters is 1. The van der Waals surface area contributed by atoms with Gasteiger partial charge in [-0.3, -0.25) is 0 Å². The molecule has 0 amide bonds. The third-order valence-corrected chi connectivity index (χ3v) is 5.24. The lowest BCUT2D eigenvalue weighted by Gasteiger charge is -2.06. The molecule has 4 aromatic rings. The van der Waals surface area contributed by atoms with Crippen LogP contribution in [0.2, 0.25) is 0 Å². The van der Waals surface area contributed by atoms with Gasteiger partial charge in [0, 0.05) is 40.0 Å². The van der Waals surface area contributed by atoms with E-state index in [-0.39, 0.29) is 0 Å². The zero-order valence-corrected chi connectivity index (χ0v) is 16.5. The summed E-state index contributed by atoms with van der Waals surface area (Å²) in [7, 11) is 1.36. The van der Waals surface area contributed by atoms with E-state index < -0.39 is 5.97 Å². The van der Waals surface area contributed by atoms with E-state index in [0.29, 0.717) is 18.7 Å². The second-order valence-electron chi connectivity index (χ2n) is 6.31. The normalized spacial score (nSPS) is 10.9. The van der Waals surface area contributed by atoms with Crippen molar-refractivity contribution in [3.8, 4) is 17.0 Å². The van der Waals surface area contributed by atoms with Crippen LogP contribution in [0.15, 0.2) is 53.2 Å². The standard InChI is InChI=1S/C22H20N2O3S/c1-3-27-16-7-8-17-18(11-15-5-4-6-19(23-15)22(25)26-2)21(24-20(17)12-16)14-9-10-28-13-14/h4-10,12-13,24H,3,11H2,1-2H3. The highest BCUT2D eigenvalue weighted by atomic mass is 32.1. The zero-order valence-electron chi connectivity index (χ0n) is 15.7. The highest BCUT2D eigenvalue weighted by Crippen LogP contribution is 2.34. The van der Waals surface area contributed by atoms with Crippen LogP contribution in [0.4, 0.5) is 0 Å². The predicted molar refractivity (Wildman–Crippen MR) is 111 cm³/mol. The largest absolute Gasteiger partial charge is 0.494 e. The number of rotatable bonds is 6. The number of methoxy groups -OCH3 is 1. The van der Waals surface area contributed by atoms with Gasteiger partial charge in [0.1, 0.15) is 11.4 Å². The molecule has 28 heavy (non-hydrogen) atoms. The number of thiophene rings is 1. The van der Waals surface area contributed by atoms with Crippen LogP contribution in [0.1, 0.15) is 28.7 Å². The maximum absolute atomic E-state index is 11.8. The van der Waals surface area contributed by atoms with Gasteiger partial charge >= 0.3 is 5.97 Å². The second kappa shape index (κ2) is 7.86. The molecule has 5 nitrogen and oxygen atoms in total. The van der Waals surface area contributed by atoms with Gasteiger partial charge in [-0.25, -0.2) is 9.78 Å². The quantitative estimate of drug-likeness (QED) is 0.466. The summed E-state index contributed by atoms with van der Waals surface area (Å²) >= 11 is 1.66. The molecule has 0 fully saturated rings. The van der Waals surface area contributed by atoms with Gasteiger partial charge in [0.05, 0.1) is 19.4 Å². The first-order valence-corrected chi connectivity index (χ1v) is 9.98. The Labute approximate surface area is 167 Å². The van der Waals surface area contributed by atoms with Gasteiger partial charge < -0.3 is 14.5 Å². The van der Waals surface area contributed by atoms with Crippen molar-refractivity contribution in [2.75, 3.05) is 13.7 Å². The lowest BCUT2D eigenvalue weighted by Crippen LogP contribution is -2.06. The van der Waals surface area contributed by atoms with Crippen molar-refractivity contribution in [1.82, 2.24) is 9.97 Å². The number of carbonyl (C=O) groups is 1. The van der Waals surface area contributed by atoms with E-state index in [2.05, 4.69) is 32.9 Å². The smallest absolute Gasteiger partial charge is 0.356 e. The van der Waals surface area contributed by atoms with E-state index >= 15 is 0 Å². The summed E-state index contributed by atoms with van der Waals surface area (Å²) in [6.45, 7) is 2.60. The molecule has 3 heterocycles. The van der Waals surface area contributed by atoms with Crippen molar-refractivity contribution in [1.29, 1.82) is 0 Å². The van der Waals surface area contributed by atoms with Crippen molar-refractivity contribution in [2.45, 2.75) is 13.3 Å². The van der Waals surface area contributed by atoms with E-state index in [1.54, 1.807) is 17.4 Å². The van der Waals surface area contributed by atoms with E-state index in [1.807, 2.05) is 31.2 Å². The van der Waals surface area contributed by atoms with Gasteiger partial charge in [0.25, 0.3) is 0 Å². The Balaban J connectivity index is 1.80. The molecule has 0 bridgehead atoms. The number of pyridine rings is 1. The van der Waals surface area contributed by atoms with Crippen molar-refractivity contribution >= 4 is 28.2 Å². The lowest BCUT2D eigenvalue weighted by molar-refractivity contribution is 0.0593. The maximum atomic E-state index is 11.8. The van der Waals surface area contributed by atoms with Gasteiger partial charge in [0.2, 0.25) is 0 Å². The van der Waals surface area contributed by atoms with Crippen molar-refractivity contribution in [3.63, 3.8) is 0 Å². The Hall–Kier alpha value is -3.12. The van der Waals surface area contributed by atoms with Crippen LogP contribution in [0.25, 0.3) is 22.2 Å². The third-order valence-electron chi connectivity index (χ3n) is 4.56. The third kappa shape index (κ3) is 3.51. The predicted octanol–water partition coefficient (Wildman–Crippen LogP) is 5.07. The number of hydrogen-bond acceptors (Lipinski definition) is 5. The Kier molecular flexibility index (Phi) is 5.12. The minimum Gasteiger partial charge on any atom is -0.494 e. The summed E-state index contributed by atoms with van der Waals surface area (Å²) in [5.74, 6) is 0.408. The maximum Gasteiger partial charge on any atom is 0.356 e. The molecule has 0 aliphatic carbocycles. The van der Waals surface area contributed by atoms with E-state index in [9.17, 15) is 4.79 Å². The first-order chi connectivity index (χ1) is 13.7. The van der Waals surface area contributed by atoms with Gasteiger partial charge in [0.15, 0.2) is 0 Å². The van der Waals surface area contributed by atoms with Crippen LogP contribution in [0.5, 0.6) is 5.75 Å². The number of aromatic amines is 1. The highest BCUT2D eigenvalue weighted by Gasteiger charge is 2.16. The molecule has 0 spiro atoms. The number of nitrogens with one attached hydrogen (secondary N) is 1. The number of aromatic nitrogens is 2. The van der Waals surface area contributed by atoms with Crippen molar-refractivity contribution in [2.24, 2.45) is 0 Å². The van der Waals surface area contributed by atoms with Gasteiger partial charge in [-0.15, -0.1) is 0 Å². The van der Waals surface area contributed by atoms with Crippen LogP contribution in [-0.2, 0) is 11.2 Å². The molecule has 1 N–H and O–H groups in total. The van der Waals surface area contributed by atoms with Crippen LogP contribution in [-0.4, -0.2) is 29.7 Å². The summed E-state index contributed by atoms with van der Waals surface area (Å²) in [6.07, 6.45) is 0.601. The summed E-state index contributed by atoms with van der Waals surface area (Å²) in [4.78, 5) is 19.9. The van der Waals surface area contributed by atoms with Gasteiger partial charge in [-0.05, 0) is 48.2 Å². The Morgan fingerprint density at radius 1 is 1.21 bits per heavy atom. The van der Waals surface area contributed by atoms with Gasteiger partial charge in [-0.1, -0.05) is 6.07 Å². The number of benzene rings is 1. The molecular formula is C22H20N2O3S. The first kappa shape index (κ1) is 18.3. The second-order valence-corrected chi connectivity index (χ2v) is 7.09. The van der Waals surface area contributed by atoms with Crippen LogP contribution >= 0.6 is 11.3 Å². The lowest BCUT2D eigenvalue weighted by atomic mass is 10.0. The summed E-state index contributed by atoms with van der Waals surface area (Å²) in [5, 5.41) is 5.30. The molecule has 142 valence electrons.